The maximum atomic E-state index is 15.6. The van der Waals surface area contributed by atoms with Gasteiger partial charge in [-0.1, -0.05) is 19.1 Å². The first-order chi connectivity index (χ1) is 37.9. The number of aliphatic hydroxyl groups is 1. The average Bonchev–Trinajstić information content (AvgIpc) is 4.31. The van der Waals surface area contributed by atoms with Gasteiger partial charge in [0, 0.05) is 87.4 Å². The lowest BCUT2D eigenvalue weighted by Gasteiger charge is -2.37. The number of nitrogens with zero attached hydrogens (tertiary/aromatic N) is 10. The highest BCUT2D eigenvalue weighted by Gasteiger charge is 2.46. The molecule has 7 atom stereocenters. The number of rotatable bonds is 22. The standard InChI is InChI=1S/C52H65F2N12O8.HO4P.H2/c1-5-47(35(2)67)66-50(69)65(33-59-66)42-13-11-40(12-14-42)61-22-24-62(25-23-61)41-15-17-43(18-16-41)71-28-37-27-52(73-29-37,44-19-10-39(53)26-45(44)54)31-64-34-63(32-58-64)36(3)74-51(70)60(4)48-38(8-7-21-57-48)30-72-49(68)46(56)9-6-20-55;1-4-5(2)3;/h7-8,10-19,21,26,32-37,46-47,67H,5-6,9,20,22-25,27-31,55-56H2,1-4H3;1H;1H/q+1;;/p-1/t35-,36?,37+,46-,47-,52-;;/m0../s1. The molecule has 0 spiro atoms. The highest BCUT2D eigenvalue weighted by atomic mass is 31.1. The number of benzene rings is 3. The topological polar surface area (TPSA) is 300 Å². The molecule has 5 N–H and O–H groups in total. The number of ether oxygens (including phenoxy) is 4. The van der Waals surface area contributed by atoms with E-state index in [1.165, 1.54) is 52.2 Å². The van der Waals surface area contributed by atoms with Crippen molar-refractivity contribution in [2.45, 2.75) is 89.6 Å². The first-order valence-electron chi connectivity index (χ1n) is 25.6. The van der Waals surface area contributed by atoms with E-state index in [9.17, 15) is 23.9 Å². The molecule has 0 aliphatic carbocycles. The average molecular weight is 1120 g/mol. The molecule has 0 bridgehead atoms. The van der Waals surface area contributed by atoms with Crippen molar-refractivity contribution < 1.29 is 67.8 Å². The minimum absolute atomic E-state index is 0. The second-order valence-corrected chi connectivity index (χ2v) is 19.7. The lowest BCUT2D eigenvalue weighted by Crippen LogP contribution is -2.46. The molecule has 426 valence electrons. The zero-order chi connectivity index (χ0) is 56.8. The summed E-state index contributed by atoms with van der Waals surface area (Å²) in [6.07, 6.45) is 5.65. The van der Waals surface area contributed by atoms with Gasteiger partial charge in [-0.15, -0.1) is 4.68 Å². The molecule has 2 unspecified atom stereocenters. The third kappa shape index (κ3) is 15.1. The Labute approximate surface area is 456 Å². The molecule has 8 rings (SSSR count). The van der Waals surface area contributed by atoms with Crippen molar-refractivity contribution in [3.8, 4) is 11.4 Å². The lowest BCUT2D eigenvalue weighted by atomic mass is 9.87. The zero-order valence-corrected chi connectivity index (χ0v) is 45.1. The van der Waals surface area contributed by atoms with Crippen LogP contribution in [0.15, 0.2) is 109 Å². The minimum atomic E-state index is -3.15. The van der Waals surface area contributed by atoms with Gasteiger partial charge in [0.25, 0.3) is 6.33 Å². The third-order valence-corrected chi connectivity index (χ3v) is 13.8. The van der Waals surface area contributed by atoms with Crippen molar-refractivity contribution in [2.75, 3.05) is 67.7 Å². The molecule has 5 heterocycles. The van der Waals surface area contributed by atoms with E-state index in [0.717, 1.165) is 43.6 Å². The summed E-state index contributed by atoms with van der Waals surface area (Å²) in [6.45, 7) is 9.22. The van der Waals surface area contributed by atoms with Gasteiger partial charge in [0.1, 0.15) is 54.3 Å². The largest absolute Gasteiger partial charge is 0.674 e. The van der Waals surface area contributed by atoms with Gasteiger partial charge >= 0.3 is 26.0 Å². The van der Waals surface area contributed by atoms with Crippen LogP contribution in [0.4, 0.5) is 30.8 Å². The predicted octanol–water partition coefficient (Wildman–Crippen LogP) is 3.30. The number of carbonyl (C=O) groups excluding carboxylic acids is 2. The minimum Gasteiger partial charge on any atom is -0.674 e. The van der Waals surface area contributed by atoms with E-state index in [0.29, 0.717) is 49.2 Å². The lowest BCUT2D eigenvalue weighted by molar-refractivity contribution is -0.753. The molecule has 79 heavy (non-hydrogen) atoms. The van der Waals surface area contributed by atoms with E-state index in [1.54, 1.807) is 41.6 Å². The molecular weight excluding hydrogens is 1050 g/mol. The number of piperazine rings is 1. The van der Waals surface area contributed by atoms with Gasteiger partial charge in [-0.2, -0.15) is 9.67 Å². The summed E-state index contributed by atoms with van der Waals surface area (Å²) < 4.78 is 71.0. The highest BCUT2D eigenvalue weighted by molar-refractivity contribution is 7.30. The molecule has 3 aromatic carbocycles. The van der Waals surface area contributed by atoms with Crippen LogP contribution in [0.5, 0.6) is 5.75 Å². The maximum absolute atomic E-state index is 15.6. The molecule has 2 saturated heterocycles. The van der Waals surface area contributed by atoms with Crippen molar-refractivity contribution in [1.29, 1.82) is 0 Å². The van der Waals surface area contributed by atoms with Gasteiger partial charge in [0.2, 0.25) is 12.6 Å². The quantitative estimate of drug-likeness (QED) is 0.0289. The van der Waals surface area contributed by atoms with Gasteiger partial charge in [0.15, 0.2) is 0 Å². The summed E-state index contributed by atoms with van der Waals surface area (Å²) >= 11 is 0. The monoisotopic (exact) mass is 1120 g/mol. The van der Waals surface area contributed by atoms with Crippen molar-refractivity contribution in [3.05, 3.63) is 137 Å². The first kappa shape index (κ1) is 59.4. The summed E-state index contributed by atoms with van der Waals surface area (Å²) in [6, 6.07) is 21.3. The first-order valence-corrected chi connectivity index (χ1v) is 26.7. The van der Waals surface area contributed by atoms with E-state index < -0.39 is 62.0 Å². The Morgan fingerprint density at radius 3 is 2.30 bits per heavy atom. The number of amides is 1. The smallest absolute Gasteiger partial charge is 0.479 e. The fourth-order valence-electron chi connectivity index (χ4n) is 9.46. The van der Waals surface area contributed by atoms with E-state index >= 15 is 4.39 Å². The number of aliphatic hydroxyl groups excluding tert-OH is 1. The van der Waals surface area contributed by atoms with Gasteiger partial charge in [-0.25, -0.2) is 37.3 Å². The van der Waals surface area contributed by atoms with Crippen LogP contribution in [0.1, 0.15) is 71.3 Å². The van der Waals surface area contributed by atoms with Crippen LogP contribution in [-0.4, -0.2) is 111 Å². The second-order valence-electron chi connectivity index (χ2n) is 19.1. The van der Waals surface area contributed by atoms with E-state index in [1.807, 2.05) is 55.5 Å². The molecule has 27 heteroatoms. The van der Waals surface area contributed by atoms with Crippen LogP contribution in [-0.2, 0) is 47.0 Å². The van der Waals surface area contributed by atoms with Crippen LogP contribution in [0.3, 0.4) is 0 Å². The van der Waals surface area contributed by atoms with Crippen molar-refractivity contribution in [3.63, 3.8) is 0 Å². The summed E-state index contributed by atoms with van der Waals surface area (Å²) in [5, 5.41) is 27.4. The van der Waals surface area contributed by atoms with Gasteiger partial charge < -0.3 is 55.5 Å². The Morgan fingerprint density at radius 1 is 1.03 bits per heavy atom. The molecule has 1 amide bonds. The number of halogens is 2. The Balaban J connectivity index is 0.00000165. The summed E-state index contributed by atoms with van der Waals surface area (Å²) in [5.74, 6) is -1.32. The molecule has 3 aromatic heterocycles. The van der Waals surface area contributed by atoms with E-state index in [-0.39, 0.29) is 50.8 Å². The fraction of sp³-hybridized carbons (Fsp3) is 0.442. The molecule has 0 saturated carbocycles. The summed E-state index contributed by atoms with van der Waals surface area (Å²) in [7, 11) is -1.67. The molecule has 2 fully saturated rings. The number of hydrogen-bond donors (Lipinski definition) is 3. The van der Waals surface area contributed by atoms with Gasteiger partial charge in [-0.3, -0.25) is 9.69 Å². The number of pyridine rings is 1. The van der Waals surface area contributed by atoms with Crippen LogP contribution in [0, 0.1) is 17.6 Å². The van der Waals surface area contributed by atoms with Crippen LogP contribution in [0.25, 0.3) is 5.69 Å². The SMILES string of the molecule is CC[C@@H]([C@H](C)O)n1ncn(-c2ccc(N3CCN(c4ccc(OC[C@@H]5CO[C@@](Cn6c[n+](C(C)OC(=O)N(C)c7ncccc7COC(=O)[C@@H](N)CCCN)cn6)(c6ccc(F)cc6F)C5)cc4)CC3)cc2)c1=O.O=[P+]([O-])O[O-].[HH]. The van der Waals surface area contributed by atoms with Crippen LogP contribution in [0.2, 0.25) is 0 Å². The molecule has 2 aliphatic rings. The number of anilines is 3. The Hall–Kier alpha value is -7.29. The number of nitrogens with two attached hydrogens (primary N) is 2. The third-order valence-electron chi connectivity index (χ3n) is 13.7. The molecule has 2 aliphatic heterocycles. The van der Waals surface area contributed by atoms with E-state index in [2.05, 4.69) is 29.7 Å². The zero-order valence-electron chi connectivity index (χ0n) is 44.2. The van der Waals surface area contributed by atoms with Crippen LogP contribution >= 0.6 is 8.25 Å². The Kier molecular flexibility index (Phi) is 20.7. The number of carbonyl (C=O) groups is 2. The Bertz CT molecular complexity index is 3040. The van der Waals surface area contributed by atoms with Crippen molar-refractivity contribution >= 4 is 37.5 Å². The maximum Gasteiger partial charge on any atom is 0.479 e. The number of hydrogen-bond acceptors (Lipinski definition) is 19. The summed E-state index contributed by atoms with van der Waals surface area (Å²) in [4.78, 5) is 58.0. The number of aromatic nitrogens is 7. The normalized spacial score (nSPS) is 18.0. The fourth-order valence-corrected chi connectivity index (χ4v) is 9.46. The van der Waals surface area contributed by atoms with Crippen molar-refractivity contribution in [1.82, 2.24) is 29.1 Å². The summed E-state index contributed by atoms with van der Waals surface area (Å²) in [5.41, 5.74) is 13.4. The predicted molar refractivity (Wildman–Crippen MR) is 280 cm³/mol. The molecule has 24 nitrogen and oxygen atoms in total. The van der Waals surface area contributed by atoms with Crippen molar-refractivity contribution in [2.24, 2.45) is 17.4 Å². The molecule has 0 radical (unpaired) electrons. The van der Waals surface area contributed by atoms with Gasteiger partial charge in [-0.05, 0) is 104 Å². The molecular formula is C52H67F2N12O12P. The molecule has 6 aromatic rings. The highest BCUT2D eigenvalue weighted by Crippen LogP contribution is 2.42. The number of esters is 1. The van der Waals surface area contributed by atoms with Gasteiger partial charge in [0.05, 0.1) is 31.0 Å². The van der Waals surface area contributed by atoms with E-state index in [4.69, 9.17) is 45.1 Å². The van der Waals surface area contributed by atoms with Crippen LogP contribution < -0.4 is 51.3 Å². The second kappa shape index (κ2) is 27.5. The Morgan fingerprint density at radius 2 is 1.68 bits per heavy atom.